The second kappa shape index (κ2) is 38.1. The molecule has 0 N–H and O–H groups in total. The van der Waals surface area contributed by atoms with Gasteiger partial charge in [-0.1, -0.05) is 202 Å². The Balaban J connectivity index is 4.30. The fourth-order valence-electron chi connectivity index (χ4n) is 6.58. The molecule has 0 saturated carbocycles. The number of esters is 3. The summed E-state index contributed by atoms with van der Waals surface area (Å²) in [4.78, 5) is 37.6. The van der Waals surface area contributed by atoms with Crippen LogP contribution in [-0.4, -0.2) is 37.2 Å². The fraction of sp³-hybridized carbons (Fsp3) is 0.933. The van der Waals surface area contributed by atoms with Crippen molar-refractivity contribution in [3.05, 3.63) is 0 Å². The molecule has 1 atom stereocenters. The monoisotopic (exact) mass is 723 g/mol. The van der Waals surface area contributed by atoms with Crippen molar-refractivity contribution in [2.75, 3.05) is 13.2 Å². The molecule has 0 aromatic heterocycles. The predicted molar refractivity (Wildman–Crippen MR) is 215 cm³/mol. The van der Waals surface area contributed by atoms with Crippen LogP contribution in [0.15, 0.2) is 0 Å². The van der Waals surface area contributed by atoms with E-state index in [1.165, 1.54) is 128 Å². The summed E-state index contributed by atoms with van der Waals surface area (Å²) in [6.07, 6.45) is 35.4. The summed E-state index contributed by atoms with van der Waals surface area (Å²) < 4.78 is 16.7. The molecule has 6 nitrogen and oxygen atoms in total. The lowest BCUT2D eigenvalue weighted by atomic mass is 10.0. The molecule has 0 heterocycles. The van der Waals surface area contributed by atoms with E-state index < -0.39 is 6.10 Å². The molecule has 0 aliphatic rings. The van der Waals surface area contributed by atoms with Crippen LogP contribution in [0.5, 0.6) is 0 Å². The largest absolute Gasteiger partial charge is 0.462 e. The van der Waals surface area contributed by atoms with Crippen LogP contribution in [0.25, 0.3) is 0 Å². The second-order valence-corrected chi connectivity index (χ2v) is 16.3. The SMILES string of the molecule is CCCCCCCCCCCCCCCCC(=O)OC[C@@H](COC(=O)CCCCCCCCC(C)C)OC(=O)CCCCCCCCCC(C)C. The standard InChI is InChI=1S/C45H86O6/c1-6-7-8-9-10-11-12-13-14-15-16-19-25-30-35-43(46)49-38-42(39-50-44(47)36-31-26-22-21-24-29-34-41(4)5)51-45(48)37-32-27-20-17-18-23-28-33-40(2)3/h40-42H,6-39H2,1-5H3/t42-/m0/s1. The maximum atomic E-state index is 12.7. The van der Waals surface area contributed by atoms with Crippen LogP contribution < -0.4 is 0 Å². The van der Waals surface area contributed by atoms with Gasteiger partial charge in [-0.05, 0) is 31.1 Å². The predicted octanol–water partition coefficient (Wildman–Crippen LogP) is 13.8. The summed E-state index contributed by atoms with van der Waals surface area (Å²) in [7, 11) is 0. The van der Waals surface area contributed by atoms with E-state index in [1.54, 1.807) is 0 Å². The Hall–Kier alpha value is -1.59. The second-order valence-electron chi connectivity index (χ2n) is 16.3. The molecule has 0 unspecified atom stereocenters. The van der Waals surface area contributed by atoms with Gasteiger partial charge < -0.3 is 14.2 Å². The zero-order chi connectivity index (χ0) is 37.6. The molecule has 302 valence electrons. The Morgan fingerprint density at radius 3 is 0.961 bits per heavy atom. The van der Waals surface area contributed by atoms with Crippen LogP contribution in [0.4, 0.5) is 0 Å². The third-order valence-electron chi connectivity index (χ3n) is 9.97. The average Bonchev–Trinajstić information content (AvgIpc) is 3.09. The van der Waals surface area contributed by atoms with E-state index in [4.69, 9.17) is 14.2 Å². The average molecular weight is 723 g/mol. The van der Waals surface area contributed by atoms with E-state index >= 15 is 0 Å². The number of carbonyl (C=O) groups is 3. The smallest absolute Gasteiger partial charge is 0.306 e. The van der Waals surface area contributed by atoms with Crippen molar-refractivity contribution in [3.63, 3.8) is 0 Å². The maximum absolute atomic E-state index is 12.7. The minimum atomic E-state index is -0.761. The van der Waals surface area contributed by atoms with E-state index in [1.807, 2.05) is 0 Å². The Morgan fingerprint density at radius 2 is 0.647 bits per heavy atom. The van der Waals surface area contributed by atoms with Gasteiger partial charge in [-0.25, -0.2) is 0 Å². The van der Waals surface area contributed by atoms with Crippen molar-refractivity contribution in [1.82, 2.24) is 0 Å². The van der Waals surface area contributed by atoms with Crippen LogP contribution >= 0.6 is 0 Å². The Morgan fingerprint density at radius 1 is 0.373 bits per heavy atom. The lowest BCUT2D eigenvalue weighted by Gasteiger charge is -2.18. The number of hydrogen-bond acceptors (Lipinski definition) is 6. The van der Waals surface area contributed by atoms with Crippen molar-refractivity contribution in [3.8, 4) is 0 Å². The molecular formula is C45H86O6. The molecule has 0 radical (unpaired) electrons. The van der Waals surface area contributed by atoms with Crippen LogP contribution in [-0.2, 0) is 28.6 Å². The minimum Gasteiger partial charge on any atom is -0.462 e. The first-order chi connectivity index (χ1) is 24.7. The van der Waals surface area contributed by atoms with E-state index in [9.17, 15) is 14.4 Å². The zero-order valence-electron chi connectivity index (χ0n) is 34.7. The van der Waals surface area contributed by atoms with Crippen molar-refractivity contribution in [2.24, 2.45) is 11.8 Å². The first kappa shape index (κ1) is 49.4. The van der Waals surface area contributed by atoms with Gasteiger partial charge in [0.15, 0.2) is 6.10 Å². The molecule has 0 saturated heterocycles. The molecule has 0 aromatic carbocycles. The normalized spacial score (nSPS) is 12.1. The van der Waals surface area contributed by atoms with E-state index in [0.717, 1.165) is 69.6 Å². The molecule has 0 amide bonds. The molecule has 6 heteroatoms. The van der Waals surface area contributed by atoms with Crippen molar-refractivity contribution in [1.29, 1.82) is 0 Å². The summed E-state index contributed by atoms with van der Waals surface area (Å²) in [5, 5.41) is 0. The summed E-state index contributed by atoms with van der Waals surface area (Å²) in [5.74, 6) is 0.675. The third kappa shape index (κ3) is 39.5. The summed E-state index contributed by atoms with van der Waals surface area (Å²) in [6.45, 7) is 11.2. The van der Waals surface area contributed by atoms with Gasteiger partial charge in [0.05, 0.1) is 0 Å². The molecule has 0 bridgehead atoms. The topological polar surface area (TPSA) is 78.9 Å². The Kier molecular flexibility index (Phi) is 37.0. The van der Waals surface area contributed by atoms with Gasteiger partial charge in [0.2, 0.25) is 0 Å². The van der Waals surface area contributed by atoms with Gasteiger partial charge in [0, 0.05) is 19.3 Å². The lowest BCUT2D eigenvalue weighted by Crippen LogP contribution is -2.30. The highest BCUT2D eigenvalue weighted by Gasteiger charge is 2.19. The first-order valence-electron chi connectivity index (χ1n) is 22.2. The molecular weight excluding hydrogens is 636 g/mol. The Labute approximate surface area is 317 Å². The summed E-state index contributed by atoms with van der Waals surface area (Å²) in [5.41, 5.74) is 0. The third-order valence-corrected chi connectivity index (χ3v) is 9.97. The van der Waals surface area contributed by atoms with Gasteiger partial charge >= 0.3 is 17.9 Å². The van der Waals surface area contributed by atoms with Gasteiger partial charge in [0.25, 0.3) is 0 Å². The number of carbonyl (C=O) groups excluding carboxylic acids is 3. The minimum absolute atomic E-state index is 0.0663. The molecule has 51 heavy (non-hydrogen) atoms. The van der Waals surface area contributed by atoms with Crippen LogP contribution in [0, 0.1) is 11.8 Å². The van der Waals surface area contributed by atoms with Crippen molar-refractivity contribution < 1.29 is 28.6 Å². The van der Waals surface area contributed by atoms with Crippen LogP contribution in [0.1, 0.15) is 240 Å². The fourth-order valence-corrected chi connectivity index (χ4v) is 6.58. The molecule has 0 aliphatic heterocycles. The van der Waals surface area contributed by atoms with Gasteiger partial charge in [-0.3, -0.25) is 14.4 Å². The van der Waals surface area contributed by atoms with Crippen molar-refractivity contribution in [2.45, 2.75) is 246 Å². The number of rotatable bonds is 39. The maximum Gasteiger partial charge on any atom is 0.306 e. The quantitative estimate of drug-likeness (QED) is 0.0357. The number of unbranched alkanes of at least 4 members (excludes halogenated alkanes) is 24. The van der Waals surface area contributed by atoms with E-state index in [2.05, 4.69) is 34.6 Å². The van der Waals surface area contributed by atoms with E-state index in [0.29, 0.717) is 19.3 Å². The zero-order valence-corrected chi connectivity index (χ0v) is 34.7. The molecule has 0 rings (SSSR count). The molecule has 0 spiro atoms. The van der Waals surface area contributed by atoms with Gasteiger partial charge in [0.1, 0.15) is 13.2 Å². The van der Waals surface area contributed by atoms with Gasteiger partial charge in [-0.2, -0.15) is 0 Å². The number of hydrogen-bond donors (Lipinski definition) is 0. The molecule has 0 aliphatic carbocycles. The highest BCUT2D eigenvalue weighted by Crippen LogP contribution is 2.16. The molecule has 0 fully saturated rings. The van der Waals surface area contributed by atoms with Crippen LogP contribution in [0.3, 0.4) is 0 Å². The summed E-state index contributed by atoms with van der Waals surface area (Å²) >= 11 is 0. The highest BCUT2D eigenvalue weighted by atomic mass is 16.6. The lowest BCUT2D eigenvalue weighted by molar-refractivity contribution is -0.167. The Bertz CT molecular complexity index is 779. The van der Waals surface area contributed by atoms with Crippen molar-refractivity contribution >= 4 is 17.9 Å². The highest BCUT2D eigenvalue weighted by molar-refractivity contribution is 5.71. The van der Waals surface area contributed by atoms with E-state index in [-0.39, 0.29) is 31.1 Å². The first-order valence-corrected chi connectivity index (χ1v) is 22.2. The summed E-state index contributed by atoms with van der Waals surface area (Å²) in [6, 6.07) is 0. The van der Waals surface area contributed by atoms with Gasteiger partial charge in [-0.15, -0.1) is 0 Å². The number of ether oxygens (including phenoxy) is 3. The molecule has 0 aromatic rings. The van der Waals surface area contributed by atoms with Crippen LogP contribution in [0.2, 0.25) is 0 Å².